The molecule has 2 aromatic carbocycles. The van der Waals surface area contributed by atoms with Gasteiger partial charge in [0.2, 0.25) is 0 Å². The fourth-order valence-corrected chi connectivity index (χ4v) is 4.20. The topological polar surface area (TPSA) is 52.7 Å². The molecule has 1 aliphatic heterocycles. The average molecular weight is 495 g/mol. The van der Waals surface area contributed by atoms with Gasteiger partial charge in [-0.2, -0.15) is 0 Å². The molecule has 1 heterocycles. The van der Waals surface area contributed by atoms with E-state index in [2.05, 4.69) is 11.9 Å². The SMILES string of the molecule is C=C(C(=O)Nc1ccc(Cl)c(C(=O)N2CCC(Cc3ccc(Cl)c(Cl)c3)CC2)c1)N(C)C. The van der Waals surface area contributed by atoms with Crippen molar-refractivity contribution >= 4 is 52.3 Å². The Morgan fingerprint density at radius 3 is 2.31 bits per heavy atom. The van der Waals surface area contributed by atoms with Gasteiger partial charge in [0.25, 0.3) is 11.8 Å². The highest BCUT2D eigenvalue weighted by molar-refractivity contribution is 6.42. The Labute approximate surface area is 203 Å². The van der Waals surface area contributed by atoms with Crippen LogP contribution in [0.5, 0.6) is 0 Å². The van der Waals surface area contributed by atoms with Crippen LogP contribution < -0.4 is 5.32 Å². The average Bonchev–Trinajstić information content (AvgIpc) is 2.77. The van der Waals surface area contributed by atoms with E-state index >= 15 is 0 Å². The molecule has 1 aliphatic rings. The van der Waals surface area contributed by atoms with Crippen molar-refractivity contribution < 1.29 is 9.59 Å². The fraction of sp³-hybridized carbons (Fsp3) is 0.333. The summed E-state index contributed by atoms with van der Waals surface area (Å²) in [6.45, 7) is 5.04. The summed E-state index contributed by atoms with van der Waals surface area (Å²) in [5, 5.41) is 4.24. The van der Waals surface area contributed by atoms with Crippen molar-refractivity contribution in [1.82, 2.24) is 9.80 Å². The van der Waals surface area contributed by atoms with Crippen molar-refractivity contribution in [2.45, 2.75) is 19.3 Å². The van der Waals surface area contributed by atoms with Crippen LogP contribution in [0.25, 0.3) is 0 Å². The molecular formula is C24H26Cl3N3O2. The minimum atomic E-state index is -0.334. The molecule has 3 rings (SSSR count). The second-order valence-corrected chi connectivity index (χ2v) is 9.40. The van der Waals surface area contributed by atoms with Gasteiger partial charge in [-0.25, -0.2) is 0 Å². The normalized spacial score (nSPS) is 14.2. The van der Waals surface area contributed by atoms with E-state index in [9.17, 15) is 9.59 Å². The minimum Gasteiger partial charge on any atom is -0.374 e. The van der Waals surface area contributed by atoms with E-state index in [0.29, 0.717) is 51.0 Å². The summed E-state index contributed by atoms with van der Waals surface area (Å²) in [7, 11) is 3.48. The molecule has 32 heavy (non-hydrogen) atoms. The highest BCUT2D eigenvalue weighted by Gasteiger charge is 2.25. The highest BCUT2D eigenvalue weighted by atomic mass is 35.5. The first kappa shape index (κ1) is 24.4. The Balaban J connectivity index is 1.62. The second-order valence-electron chi connectivity index (χ2n) is 8.18. The van der Waals surface area contributed by atoms with Crippen LogP contribution in [0.2, 0.25) is 15.1 Å². The maximum Gasteiger partial charge on any atom is 0.271 e. The number of likely N-dealkylation sites (tertiary alicyclic amines) is 1. The zero-order valence-corrected chi connectivity index (χ0v) is 20.4. The Kier molecular flexibility index (Phi) is 8.10. The van der Waals surface area contributed by atoms with Gasteiger partial charge in [0, 0.05) is 32.9 Å². The molecule has 2 aromatic rings. The van der Waals surface area contributed by atoms with E-state index in [4.69, 9.17) is 34.8 Å². The van der Waals surface area contributed by atoms with Crippen LogP contribution in [0, 0.1) is 5.92 Å². The van der Waals surface area contributed by atoms with Gasteiger partial charge in [-0.3, -0.25) is 9.59 Å². The Morgan fingerprint density at radius 2 is 1.69 bits per heavy atom. The summed E-state index contributed by atoms with van der Waals surface area (Å²) in [5.74, 6) is -0.00112. The lowest BCUT2D eigenvalue weighted by Crippen LogP contribution is -2.39. The lowest BCUT2D eigenvalue weighted by atomic mass is 9.90. The predicted molar refractivity (Wildman–Crippen MR) is 132 cm³/mol. The number of anilines is 1. The number of piperidine rings is 1. The number of halogens is 3. The lowest BCUT2D eigenvalue weighted by molar-refractivity contribution is -0.114. The van der Waals surface area contributed by atoms with Crippen LogP contribution >= 0.6 is 34.8 Å². The van der Waals surface area contributed by atoms with Gasteiger partial charge < -0.3 is 15.1 Å². The molecule has 1 N–H and O–H groups in total. The fourth-order valence-electron chi connectivity index (χ4n) is 3.68. The number of hydrogen-bond acceptors (Lipinski definition) is 3. The van der Waals surface area contributed by atoms with E-state index in [1.807, 2.05) is 23.1 Å². The molecule has 0 saturated carbocycles. The van der Waals surface area contributed by atoms with E-state index in [1.165, 1.54) is 0 Å². The van der Waals surface area contributed by atoms with Gasteiger partial charge in [0.1, 0.15) is 0 Å². The van der Waals surface area contributed by atoms with Gasteiger partial charge in [-0.05, 0) is 61.1 Å². The van der Waals surface area contributed by atoms with Crippen molar-refractivity contribution in [3.05, 3.63) is 74.9 Å². The van der Waals surface area contributed by atoms with Gasteiger partial charge in [-0.15, -0.1) is 0 Å². The smallest absolute Gasteiger partial charge is 0.271 e. The third kappa shape index (κ3) is 5.97. The van der Waals surface area contributed by atoms with Crippen molar-refractivity contribution in [2.75, 3.05) is 32.5 Å². The number of rotatable bonds is 6. The van der Waals surface area contributed by atoms with E-state index < -0.39 is 0 Å². The monoisotopic (exact) mass is 493 g/mol. The molecule has 0 unspecified atom stereocenters. The van der Waals surface area contributed by atoms with E-state index in [1.54, 1.807) is 37.2 Å². The summed E-state index contributed by atoms with van der Waals surface area (Å²) >= 11 is 18.4. The van der Waals surface area contributed by atoms with E-state index in [0.717, 1.165) is 24.8 Å². The first-order valence-corrected chi connectivity index (χ1v) is 11.5. The van der Waals surface area contributed by atoms with Crippen molar-refractivity contribution in [2.24, 2.45) is 5.92 Å². The highest BCUT2D eigenvalue weighted by Crippen LogP contribution is 2.29. The summed E-state index contributed by atoms with van der Waals surface area (Å²) in [6.07, 6.45) is 2.68. The lowest BCUT2D eigenvalue weighted by Gasteiger charge is -2.32. The van der Waals surface area contributed by atoms with Crippen LogP contribution in [0.4, 0.5) is 5.69 Å². The van der Waals surface area contributed by atoms with Gasteiger partial charge >= 0.3 is 0 Å². The number of nitrogens with one attached hydrogen (secondary N) is 1. The molecular weight excluding hydrogens is 469 g/mol. The standard InChI is InChI=1S/C24H26Cl3N3O2/c1-15(29(2)3)23(31)28-18-5-7-20(25)19(14-18)24(32)30-10-8-16(9-11-30)12-17-4-6-21(26)22(27)13-17/h4-7,13-14,16H,1,8-12H2,2-3H3,(H,28,31). The van der Waals surface area contributed by atoms with Crippen LogP contribution in [0.3, 0.4) is 0 Å². The zero-order valence-electron chi connectivity index (χ0n) is 18.1. The van der Waals surface area contributed by atoms with Crippen LogP contribution in [0.15, 0.2) is 48.7 Å². The number of benzene rings is 2. The molecule has 8 heteroatoms. The summed E-state index contributed by atoms with van der Waals surface area (Å²) in [5.41, 5.74) is 2.34. The van der Waals surface area contributed by atoms with Gasteiger partial charge in [0.15, 0.2) is 0 Å². The molecule has 0 bridgehead atoms. The molecule has 1 fully saturated rings. The maximum atomic E-state index is 13.1. The second kappa shape index (κ2) is 10.6. The summed E-state index contributed by atoms with van der Waals surface area (Å²) < 4.78 is 0. The summed E-state index contributed by atoms with van der Waals surface area (Å²) in [6, 6.07) is 10.6. The minimum absolute atomic E-state index is 0.134. The maximum absolute atomic E-state index is 13.1. The largest absolute Gasteiger partial charge is 0.374 e. The van der Waals surface area contributed by atoms with Crippen molar-refractivity contribution in [3.63, 3.8) is 0 Å². The third-order valence-corrected chi connectivity index (χ3v) is 6.74. The molecule has 1 saturated heterocycles. The molecule has 0 atom stereocenters. The predicted octanol–water partition coefficient (Wildman–Crippen LogP) is 5.76. The van der Waals surface area contributed by atoms with E-state index in [-0.39, 0.29) is 11.8 Å². The number of amides is 2. The number of carbonyl (C=O) groups is 2. The Morgan fingerprint density at radius 1 is 1.03 bits per heavy atom. The number of hydrogen-bond donors (Lipinski definition) is 1. The molecule has 0 aromatic heterocycles. The number of nitrogens with zero attached hydrogens (tertiary/aromatic N) is 2. The quantitative estimate of drug-likeness (QED) is 0.520. The Hall–Kier alpha value is -2.21. The van der Waals surface area contributed by atoms with Gasteiger partial charge in [0.05, 0.1) is 26.3 Å². The Bertz CT molecular complexity index is 1030. The van der Waals surface area contributed by atoms with Crippen LogP contribution in [-0.4, -0.2) is 48.8 Å². The molecule has 0 spiro atoms. The van der Waals surface area contributed by atoms with Crippen molar-refractivity contribution in [1.29, 1.82) is 0 Å². The van der Waals surface area contributed by atoms with Gasteiger partial charge in [-0.1, -0.05) is 47.4 Å². The number of likely N-dealkylation sites (N-methyl/N-ethyl adjacent to an activating group) is 1. The zero-order chi connectivity index (χ0) is 23.4. The molecule has 2 amide bonds. The van der Waals surface area contributed by atoms with Crippen LogP contribution in [-0.2, 0) is 11.2 Å². The summed E-state index contributed by atoms with van der Waals surface area (Å²) in [4.78, 5) is 28.8. The third-order valence-electron chi connectivity index (χ3n) is 5.67. The van der Waals surface area contributed by atoms with Crippen LogP contribution in [0.1, 0.15) is 28.8 Å². The molecule has 0 radical (unpaired) electrons. The van der Waals surface area contributed by atoms with Crippen molar-refractivity contribution in [3.8, 4) is 0 Å². The first-order valence-electron chi connectivity index (χ1n) is 10.4. The first-order chi connectivity index (χ1) is 15.2. The molecule has 170 valence electrons. The molecule has 5 nitrogen and oxygen atoms in total. The number of carbonyl (C=O) groups excluding carboxylic acids is 2. The molecule has 0 aliphatic carbocycles.